The summed E-state index contributed by atoms with van der Waals surface area (Å²) in [5.74, 6) is 2.46. The molecule has 0 amide bonds. The molecule has 1 atom stereocenters. The molecule has 0 aliphatic rings. The predicted octanol–water partition coefficient (Wildman–Crippen LogP) is 3.01. The molecule has 0 aliphatic heterocycles. The van der Waals surface area contributed by atoms with Gasteiger partial charge in [0, 0.05) is 25.0 Å². The molecule has 1 N–H and O–H groups in total. The van der Waals surface area contributed by atoms with Gasteiger partial charge in [0.25, 0.3) is 0 Å². The molecule has 1 heterocycles. The van der Waals surface area contributed by atoms with Crippen molar-refractivity contribution in [1.82, 2.24) is 10.3 Å². The van der Waals surface area contributed by atoms with E-state index in [0.717, 1.165) is 6.54 Å². The highest BCUT2D eigenvalue weighted by Crippen LogP contribution is 2.07. The van der Waals surface area contributed by atoms with Crippen LogP contribution < -0.4 is 5.32 Å². The molecule has 1 aromatic heterocycles. The molecule has 0 saturated heterocycles. The van der Waals surface area contributed by atoms with E-state index in [1.165, 1.54) is 29.1 Å². The Hall–Kier alpha value is -0.540. The SMILES string of the molecule is CCSCCC(C)NCc1cnccc1C. The topological polar surface area (TPSA) is 24.9 Å². The molecule has 1 rings (SSSR count). The van der Waals surface area contributed by atoms with E-state index >= 15 is 0 Å². The van der Waals surface area contributed by atoms with Gasteiger partial charge in [-0.1, -0.05) is 6.92 Å². The van der Waals surface area contributed by atoms with Gasteiger partial charge in [0.1, 0.15) is 0 Å². The molecule has 3 heteroatoms. The fraction of sp³-hybridized carbons (Fsp3) is 0.615. The Morgan fingerprint density at radius 2 is 2.31 bits per heavy atom. The van der Waals surface area contributed by atoms with E-state index in [2.05, 4.69) is 37.1 Å². The van der Waals surface area contributed by atoms with Crippen LogP contribution in [0.4, 0.5) is 0 Å². The first-order chi connectivity index (χ1) is 7.74. The molecule has 0 aliphatic carbocycles. The number of rotatable bonds is 7. The number of aromatic nitrogens is 1. The molecule has 16 heavy (non-hydrogen) atoms. The van der Waals surface area contributed by atoms with Crippen molar-refractivity contribution < 1.29 is 0 Å². The van der Waals surface area contributed by atoms with Crippen LogP contribution in [0, 0.1) is 6.92 Å². The Balaban J connectivity index is 2.26. The molecule has 0 radical (unpaired) electrons. The van der Waals surface area contributed by atoms with Crippen LogP contribution in [0.3, 0.4) is 0 Å². The van der Waals surface area contributed by atoms with Gasteiger partial charge in [0.15, 0.2) is 0 Å². The second kappa shape index (κ2) is 7.69. The van der Waals surface area contributed by atoms with E-state index in [9.17, 15) is 0 Å². The molecule has 0 spiro atoms. The van der Waals surface area contributed by atoms with Crippen molar-refractivity contribution in [2.75, 3.05) is 11.5 Å². The molecule has 0 aromatic carbocycles. The van der Waals surface area contributed by atoms with Gasteiger partial charge >= 0.3 is 0 Å². The lowest BCUT2D eigenvalue weighted by Crippen LogP contribution is -2.26. The smallest absolute Gasteiger partial charge is 0.0315 e. The molecule has 90 valence electrons. The van der Waals surface area contributed by atoms with Crippen LogP contribution in [-0.4, -0.2) is 22.5 Å². The van der Waals surface area contributed by atoms with Crippen LogP contribution in [0.2, 0.25) is 0 Å². The zero-order valence-electron chi connectivity index (χ0n) is 10.5. The van der Waals surface area contributed by atoms with Crippen molar-refractivity contribution in [3.05, 3.63) is 29.6 Å². The molecular formula is C13H22N2S. The first kappa shape index (κ1) is 13.5. The second-order valence-electron chi connectivity index (χ2n) is 4.07. The largest absolute Gasteiger partial charge is 0.310 e. The number of hydrogen-bond acceptors (Lipinski definition) is 3. The summed E-state index contributed by atoms with van der Waals surface area (Å²) in [4.78, 5) is 4.15. The molecule has 0 fully saturated rings. The summed E-state index contributed by atoms with van der Waals surface area (Å²) in [5.41, 5.74) is 2.62. The Kier molecular flexibility index (Phi) is 6.50. The summed E-state index contributed by atoms with van der Waals surface area (Å²) >= 11 is 2.01. The second-order valence-corrected chi connectivity index (χ2v) is 5.46. The fourth-order valence-electron chi connectivity index (χ4n) is 1.47. The monoisotopic (exact) mass is 238 g/mol. The van der Waals surface area contributed by atoms with Gasteiger partial charge in [0.2, 0.25) is 0 Å². The van der Waals surface area contributed by atoms with Crippen molar-refractivity contribution in [1.29, 1.82) is 0 Å². The van der Waals surface area contributed by atoms with E-state index < -0.39 is 0 Å². The maximum absolute atomic E-state index is 4.15. The molecule has 1 aromatic rings. The van der Waals surface area contributed by atoms with E-state index in [0.29, 0.717) is 6.04 Å². The molecule has 1 unspecified atom stereocenters. The van der Waals surface area contributed by atoms with Crippen molar-refractivity contribution in [3.8, 4) is 0 Å². The van der Waals surface area contributed by atoms with Gasteiger partial charge in [-0.05, 0) is 49.0 Å². The Morgan fingerprint density at radius 3 is 3.00 bits per heavy atom. The quantitative estimate of drug-likeness (QED) is 0.739. The van der Waals surface area contributed by atoms with Gasteiger partial charge < -0.3 is 5.32 Å². The van der Waals surface area contributed by atoms with Crippen LogP contribution in [0.5, 0.6) is 0 Å². The third-order valence-electron chi connectivity index (χ3n) is 2.69. The van der Waals surface area contributed by atoms with Gasteiger partial charge in [-0.2, -0.15) is 11.8 Å². The average molecular weight is 238 g/mol. The van der Waals surface area contributed by atoms with E-state index in [1.54, 1.807) is 0 Å². The third kappa shape index (κ3) is 4.99. The van der Waals surface area contributed by atoms with Gasteiger partial charge in [-0.25, -0.2) is 0 Å². The average Bonchev–Trinajstić information content (AvgIpc) is 2.28. The zero-order chi connectivity index (χ0) is 11.8. The summed E-state index contributed by atoms with van der Waals surface area (Å²) in [7, 11) is 0. The standard InChI is InChI=1S/C13H22N2S/c1-4-16-8-6-12(3)15-10-13-9-14-7-5-11(13)2/h5,7,9,12,15H,4,6,8,10H2,1-3H3. The minimum Gasteiger partial charge on any atom is -0.310 e. The van der Waals surface area contributed by atoms with Crippen molar-refractivity contribution in [2.45, 2.75) is 39.8 Å². The lowest BCUT2D eigenvalue weighted by atomic mass is 10.1. The Labute approximate surface area is 103 Å². The van der Waals surface area contributed by atoms with Gasteiger partial charge in [-0.3, -0.25) is 4.98 Å². The van der Waals surface area contributed by atoms with Gasteiger partial charge in [0.05, 0.1) is 0 Å². The van der Waals surface area contributed by atoms with Crippen LogP contribution in [-0.2, 0) is 6.54 Å². The first-order valence-electron chi connectivity index (χ1n) is 5.94. The van der Waals surface area contributed by atoms with E-state index in [4.69, 9.17) is 0 Å². The molecule has 0 saturated carbocycles. The van der Waals surface area contributed by atoms with Crippen LogP contribution in [0.1, 0.15) is 31.4 Å². The number of aryl methyl sites for hydroxylation is 1. The minimum absolute atomic E-state index is 0.582. The summed E-state index contributed by atoms with van der Waals surface area (Å²) in [6.45, 7) is 7.53. The molecule has 2 nitrogen and oxygen atoms in total. The maximum Gasteiger partial charge on any atom is 0.0315 e. The van der Waals surface area contributed by atoms with E-state index in [-0.39, 0.29) is 0 Å². The normalized spacial score (nSPS) is 12.7. The number of nitrogens with one attached hydrogen (secondary N) is 1. The van der Waals surface area contributed by atoms with Gasteiger partial charge in [-0.15, -0.1) is 0 Å². The molecule has 0 bridgehead atoms. The van der Waals surface area contributed by atoms with Crippen molar-refractivity contribution in [3.63, 3.8) is 0 Å². The lowest BCUT2D eigenvalue weighted by molar-refractivity contribution is 0.536. The predicted molar refractivity (Wildman–Crippen MR) is 72.9 cm³/mol. The van der Waals surface area contributed by atoms with Crippen LogP contribution in [0.25, 0.3) is 0 Å². The minimum atomic E-state index is 0.582. The van der Waals surface area contributed by atoms with Crippen molar-refractivity contribution >= 4 is 11.8 Å². The highest BCUT2D eigenvalue weighted by atomic mass is 32.2. The highest BCUT2D eigenvalue weighted by molar-refractivity contribution is 7.99. The summed E-state index contributed by atoms with van der Waals surface area (Å²) in [5, 5.41) is 3.55. The Bertz CT molecular complexity index is 302. The summed E-state index contributed by atoms with van der Waals surface area (Å²) in [6.07, 6.45) is 5.04. The maximum atomic E-state index is 4.15. The first-order valence-corrected chi connectivity index (χ1v) is 7.10. The third-order valence-corrected chi connectivity index (χ3v) is 3.62. The fourth-order valence-corrected chi connectivity index (χ4v) is 2.28. The number of nitrogens with zero attached hydrogens (tertiary/aromatic N) is 1. The zero-order valence-corrected chi connectivity index (χ0v) is 11.3. The van der Waals surface area contributed by atoms with E-state index in [1.807, 2.05) is 24.2 Å². The summed E-state index contributed by atoms with van der Waals surface area (Å²) < 4.78 is 0. The number of thioether (sulfide) groups is 1. The number of pyridine rings is 1. The van der Waals surface area contributed by atoms with Crippen LogP contribution >= 0.6 is 11.8 Å². The Morgan fingerprint density at radius 1 is 1.50 bits per heavy atom. The number of hydrogen-bond donors (Lipinski definition) is 1. The van der Waals surface area contributed by atoms with Crippen LogP contribution in [0.15, 0.2) is 18.5 Å². The van der Waals surface area contributed by atoms with Crippen molar-refractivity contribution in [2.24, 2.45) is 0 Å². The highest BCUT2D eigenvalue weighted by Gasteiger charge is 2.02. The lowest BCUT2D eigenvalue weighted by Gasteiger charge is -2.14. The molecular weight excluding hydrogens is 216 g/mol. The summed E-state index contributed by atoms with van der Waals surface area (Å²) in [6, 6.07) is 2.65.